The fourth-order valence-electron chi connectivity index (χ4n) is 7.55. The van der Waals surface area contributed by atoms with E-state index < -0.39 is 48.6 Å². The fourth-order valence-corrected chi connectivity index (χ4v) is 7.55. The smallest absolute Gasteiger partial charge is 0.329 e. The van der Waals surface area contributed by atoms with Gasteiger partial charge in [0.05, 0.1) is 53.8 Å². The van der Waals surface area contributed by atoms with Crippen LogP contribution in [-0.4, -0.2) is 73.7 Å². The van der Waals surface area contributed by atoms with E-state index in [0.29, 0.717) is 34.8 Å². The molecule has 0 saturated carbocycles. The second-order valence-electron chi connectivity index (χ2n) is 15.1. The Morgan fingerprint density at radius 2 is 1.41 bits per heavy atom. The van der Waals surface area contributed by atoms with Crippen LogP contribution >= 0.6 is 0 Å². The van der Waals surface area contributed by atoms with Gasteiger partial charge in [0.25, 0.3) is 5.91 Å². The Morgan fingerprint density at radius 3 is 2.05 bits per heavy atom. The van der Waals surface area contributed by atoms with Crippen LogP contribution in [0.5, 0.6) is 11.5 Å². The minimum Gasteiger partial charge on any atom is -0.497 e. The number of rotatable bonds is 15. The highest BCUT2D eigenvalue weighted by Crippen LogP contribution is 2.39. The molecule has 4 aromatic heterocycles. The molecule has 63 heavy (non-hydrogen) atoms. The monoisotopic (exact) mass is 873 g/mol. The zero-order valence-corrected chi connectivity index (χ0v) is 35.7. The summed E-state index contributed by atoms with van der Waals surface area (Å²) >= 11 is 0. The Balaban J connectivity index is 1.39. The first-order chi connectivity index (χ1) is 29.9. The fraction of sp³-hybridized carbons (Fsp3) is 0.349. The molecule has 0 fully saturated rings. The van der Waals surface area contributed by atoms with Crippen molar-refractivity contribution >= 4 is 33.9 Å². The van der Waals surface area contributed by atoms with E-state index in [0.717, 1.165) is 9.13 Å². The topological polar surface area (TPSA) is 179 Å². The van der Waals surface area contributed by atoms with Crippen LogP contribution in [0.3, 0.4) is 0 Å². The molecule has 332 valence electrons. The van der Waals surface area contributed by atoms with Crippen molar-refractivity contribution in [3.8, 4) is 11.5 Å². The lowest BCUT2D eigenvalue weighted by atomic mass is 10.1. The number of nitrogens with two attached hydrogens (primary N) is 1. The number of imidazole rings is 2. The van der Waals surface area contributed by atoms with Gasteiger partial charge in [0.2, 0.25) is 17.1 Å². The molecule has 0 aliphatic carbocycles. The summed E-state index contributed by atoms with van der Waals surface area (Å²) in [5, 5.41) is 19.9. The van der Waals surface area contributed by atoms with E-state index in [1.54, 1.807) is 76.2 Å². The van der Waals surface area contributed by atoms with Crippen LogP contribution < -0.4 is 26.4 Å². The average molecular weight is 874 g/mol. The number of halogens is 4. The molecule has 2 amide bonds. The van der Waals surface area contributed by atoms with Crippen LogP contribution in [0.1, 0.15) is 63.6 Å². The van der Waals surface area contributed by atoms with E-state index in [9.17, 15) is 14.7 Å². The largest absolute Gasteiger partial charge is 0.497 e. The summed E-state index contributed by atoms with van der Waals surface area (Å²) in [5.41, 5.74) is 7.34. The Kier molecular flexibility index (Phi) is 12.0. The molecule has 0 spiro atoms. The zero-order chi connectivity index (χ0) is 45.5. The average Bonchev–Trinajstić information content (AvgIpc) is 3.98. The standard InChI is InChI=1S/C43H47F4N11O5/c1-8-57-33(18-25(3)51-57)38(60)49-40-53(5)30-12-10-11-13-31(30)55(40)23-42(44,45)43(46,47)24-56-36-32(54(6)41(56)50-39(61)34-19-26(4)52-58(34)9-2)20-28(37(48)59)21-35(36)63-22-27-14-16-29(62-7)17-15-27/h10-21,38,60H,8-9,22-24H2,1-7H3,(H2,48,59). The number of fused-ring (bicyclic) bond motifs is 2. The summed E-state index contributed by atoms with van der Waals surface area (Å²) in [7, 11) is 4.42. The van der Waals surface area contributed by atoms with E-state index >= 15 is 17.6 Å². The normalized spacial score (nSPS) is 13.4. The summed E-state index contributed by atoms with van der Waals surface area (Å²) in [4.78, 5) is 35.1. The summed E-state index contributed by atoms with van der Waals surface area (Å²) < 4.78 is 86.2. The molecule has 1 unspecified atom stereocenters. The van der Waals surface area contributed by atoms with Gasteiger partial charge < -0.3 is 38.6 Å². The van der Waals surface area contributed by atoms with Gasteiger partial charge in [0.15, 0.2) is 6.23 Å². The number of aliphatic hydroxyl groups excluding tert-OH is 1. The van der Waals surface area contributed by atoms with E-state index in [4.69, 9.17) is 15.2 Å². The number of amides is 2. The maximum atomic E-state index is 16.9. The Hall–Kier alpha value is -6.96. The predicted molar refractivity (Wildman–Crippen MR) is 223 cm³/mol. The minimum atomic E-state index is -4.88. The van der Waals surface area contributed by atoms with Crippen molar-refractivity contribution in [3.63, 3.8) is 0 Å². The van der Waals surface area contributed by atoms with Crippen LogP contribution in [0.4, 0.5) is 17.6 Å². The number of nitrogens with zero attached hydrogens (tertiary/aromatic N) is 10. The molecule has 0 saturated heterocycles. The predicted octanol–water partition coefficient (Wildman–Crippen LogP) is 5.31. The van der Waals surface area contributed by atoms with E-state index in [2.05, 4.69) is 20.2 Å². The third-order valence-electron chi connectivity index (χ3n) is 10.7. The van der Waals surface area contributed by atoms with Gasteiger partial charge in [-0.05, 0) is 81.8 Å². The second-order valence-corrected chi connectivity index (χ2v) is 15.1. The molecular formula is C43H47F4N11O5. The molecule has 0 radical (unpaired) electrons. The third kappa shape index (κ3) is 8.37. The first-order valence-electron chi connectivity index (χ1n) is 20.0. The van der Waals surface area contributed by atoms with Crippen molar-refractivity contribution in [2.24, 2.45) is 29.8 Å². The molecule has 0 bridgehead atoms. The van der Waals surface area contributed by atoms with Crippen LogP contribution in [0.2, 0.25) is 0 Å². The minimum absolute atomic E-state index is 0.0284. The Bertz CT molecular complexity index is 3010. The summed E-state index contributed by atoms with van der Waals surface area (Å²) in [6.45, 7) is 4.12. The van der Waals surface area contributed by atoms with Gasteiger partial charge in [-0.3, -0.25) is 19.0 Å². The number of para-hydroxylation sites is 2. The number of primary amides is 1. The van der Waals surface area contributed by atoms with Crippen LogP contribution in [0, 0.1) is 13.8 Å². The number of alkyl halides is 4. The Labute approximate surface area is 357 Å². The van der Waals surface area contributed by atoms with Crippen molar-refractivity contribution in [1.29, 1.82) is 0 Å². The molecule has 16 nitrogen and oxygen atoms in total. The molecule has 7 aromatic rings. The van der Waals surface area contributed by atoms with Crippen LogP contribution in [-0.2, 0) is 46.9 Å². The zero-order valence-electron chi connectivity index (χ0n) is 35.7. The van der Waals surface area contributed by atoms with Gasteiger partial charge in [-0.2, -0.15) is 32.8 Å². The molecular weight excluding hydrogens is 827 g/mol. The van der Waals surface area contributed by atoms with Crippen molar-refractivity contribution in [1.82, 2.24) is 37.8 Å². The van der Waals surface area contributed by atoms with Gasteiger partial charge in [-0.25, -0.2) is 4.99 Å². The van der Waals surface area contributed by atoms with E-state index in [-0.39, 0.29) is 58.0 Å². The van der Waals surface area contributed by atoms with Crippen molar-refractivity contribution in [2.75, 3.05) is 7.11 Å². The SMILES string of the molecule is CCn1nc(C)cc1C(=O)N=c1n(C)c2cc(C(N)=O)cc(OCc3ccc(OC)cc3)c2n1CC(F)(F)C(F)(F)Cn1c(=NC(O)c2cc(C)nn2CC)n(C)c2ccccc21. The van der Waals surface area contributed by atoms with Crippen LogP contribution in [0.15, 0.2) is 82.8 Å². The number of benzene rings is 3. The molecule has 0 aliphatic heterocycles. The summed E-state index contributed by atoms with van der Waals surface area (Å²) in [6.07, 6.45) is -1.59. The number of aryl methyl sites for hydroxylation is 6. The lowest BCUT2D eigenvalue weighted by Gasteiger charge is -2.28. The van der Waals surface area contributed by atoms with Gasteiger partial charge in [0, 0.05) is 32.7 Å². The second kappa shape index (κ2) is 17.1. The molecule has 4 heterocycles. The van der Waals surface area contributed by atoms with Crippen LogP contribution in [0.25, 0.3) is 22.1 Å². The maximum absolute atomic E-state index is 16.9. The van der Waals surface area contributed by atoms with E-state index in [1.807, 2.05) is 0 Å². The number of methoxy groups -OCH3 is 1. The number of hydrogen-bond donors (Lipinski definition) is 2. The molecule has 7 rings (SSSR count). The number of hydrogen-bond acceptors (Lipinski definition) is 8. The highest BCUT2D eigenvalue weighted by atomic mass is 19.3. The van der Waals surface area contributed by atoms with Gasteiger partial charge in [0.1, 0.15) is 29.3 Å². The maximum Gasteiger partial charge on any atom is 0.329 e. The number of carbonyl (C=O) groups excluding carboxylic acids is 2. The summed E-state index contributed by atoms with van der Waals surface area (Å²) in [6, 6.07) is 18.7. The third-order valence-corrected chi connectivity index (χ3v) is 10.7. The lowest BCUT2D eigenvalue weighted by Crippen LogP contribution is -2.49. The molecule has 3 aromatic carbocycles. The van der Waals surface area contributed by atoms with Crippen molar-refractivity contribution in [3.05, 3.63) is 118 Å². The number of aromatic nitrogens is 8. The first-order valence-corrected chi connectivity index (χ1v) is 20.0. The molecule has 20 heteroatoms. The molecule has 3 N–H and O–H groups in total. The van der Waals surface area contributed by atoms with Gasteiger partial charge in [-0.1, -0.05) is 24.3 Å². The van der Waals surface area contributed by atoms with Crippen molar-refractivity contribution in [2.45, 2.75) is 78.6 Å². The molecule has 1 atom stereocenters. The van der Waals surface area contributed by atoms with Gasteiger partial charge in [-0.15, -0.1) is 0 Å². The van der Waals surface area contributed by atoms with Crippen molar-refractivity contribution < 1.29 is 41.7 Å². The number of ether oxygens (including phenoxy) is 2. The van der Waals surface area contributed by atoms with E-state index in [1.165, 1.54) is 64.0 Å². The highest BCUT2D eigenvalue weighted by molar-refractivity contribution is 5.98. The lowest BCUT2D eigenvalue weighted by molar-refractivity contribution is -0.222. The molecule has 0 aliphatic rings. The van der Waals surface area contributed by atoms with Gasteiger partial charge >= 0.3 is 11.8 Å². The number of carbonyl (C=O) groups is 2. The first kappa shape index (κ1) is 44.1. The Morgan fingerprint density at radius 1 is 0.810 bits per heavy atom. The highest BCUT2D eigenvalue weighted by Gasteiger charge is 2.57. The summed E-state index contributed by atoms with van der Waals surface area (Å²) in [5.74, 6) is -11.1. The quantitative estimate of drug-likeness (QED) is 0.131. The number of aliphatic hydroxyl groups is 1.